The first-order chi connectivity index (χ1) is 7.49. The summed E-state index contributed by atoms with van der Waals surface area (Å²) in [4.78, 5) is 0. The molecule has 0 radical (unpaired) electrons. The number of benzene rings is 1. The van der Waals surface area contributed by atoms with Gasteiger partial charge < -0.3 is 5.73 Å². The van der Waals surface area contributed by atoms with Crippen molar-refractivity contribution in [1.82, 2.24) is 0 Å². The molecule has 0 heterocycles. The van der Waals surface area contributed by atoms with E-state index in [2.05, 4.69) is 45.9 Å². The number of hydrogen-bond donors (Lipinski definition) is 1. The highest BCUT2D eigenvalue weighted by Gasteiger charge is 2.07. The summed E-state index contributed by atoms with van der Waals surface area (Å²) >= 11 is 0. The molecule has 2 N–H and O–H groups in total. The predicted octanol–water partition coefficient (Wildman–Crippen LogP) is 3.61. The first-order valence-corrected chi connectivity index (χ1v) is 6.30. The first kappa shape index (κ1) is 13.2. The van der Waals surface area contributed by atoms with Gasteiger partial charge in [-0.15, -0.1) is 0 Å². The van der Waals surface area contributed by atoms with Gasteiger partial charge in [-0.05, 0) is 50.2 Å². The van der Waals surface area contributed by atoms with E-state index in [1.807, 2.05) is 0 Å². The SMILES string of the molecule is Cc1ccc(C)c(CCC(N)CC(C)C)c1. The maximum absolute atomic E-state index is 6.11. The molecule has 16 heavy (non-hydrogen) atoms. The van der Waals surface area contributed by atoms with Crippen molar-refractivity contribution in [3.05, 3.63) is 34.9 Å². The first-order valence-electron chi connectivity index (χ1n) is 6.30. The Morgan fingerprint density at radius 3 is 2.50 bits per heavy atom. The lowest BCUT2D eigenvalue weighted by molar-refractivity contribution is 0.473. The molecule has 1 atom stereocenters. The summed E-state index contributed by atoms with van der Waals surface area (Å²) in [6.45, 7) is 8.80. The lowest BCUT2D eigenvalue weighted by Gasteiger charge is -2.15. The van der Waals surface area contributed by atoms with Gasteiger partial charge in [0.15, 0.2) is 0 Å². The summed E-state index contributed by atoms with van der Waals surface area (Å²) in [5, 5.41) is 0. The van der Waals surface area contributed by atoms with Gasteiger partial charge >= 0.3 is 0 Å². The van der Waals surface area contributed by atoms with Crippen LogP contribution in [0.1, 0.15) is 43.4 Å². The van der Waals surface area contributed by atoms with E-state index in [0.29, 0.717) is 12.0 Å². The highest BCUT2D eigenvalue weighted by atomic mass is 14.6. The lowest BCUT2D eigenvalue weighted by Crippen LogP contribution is -2.22. The van der Waals surface area contributed by atoms with Crippen LogP contribution in [0.4, 0.5) is 0 Å². The molecule has 0 aliphatic heterocycles. The van der Waals surface area contributed by atoms with Crippen molar-refractivity contribution in [1.29, 1.82) is 0 Å². The monoisotopic (exact) mass is 219 g/mol. The molecule has 1 rings (SSSR count). The second-order valence-electron chi connectivity index (χ2n) is 5.36. The molecule has 0 aliphatic rings. The van der Waals surface area contributed by atoms with E-state index in [1.165, 1.54) is 16.7 Å². The number of aryl methyl sites for hydroxylation is 3. The zero-order chi connectivity index (χ0) is 12.1. The van der Waals surface area contributed by atoms with Gasteiger partial charge in [-0.3, -0.25) is 0 Å². The molecule has 0 saturated heterocycles. The molecule has 0 fully saturated rings. The third kappa shape index (κ3) is 4.36. The van der Waals surface area contributed by atoms with Crippen LogP contribution < -0.4 is 5.73 Å². The quantitative estimate of drug-likeness (QED) is 0.804. The summed E-state index contributed by atoms with van der Waals surface area (Å²) in [5.74, 6) is 0.702. The molecule has 0 amide bonds. The average molecular weight is 219 g/mol. The van der Waals surface area contributed by atoms with E-state index in [0.717, 1.165) is 19.3 Å². The third-order valence-corrected chi connectivity index (χ3v) is 3.06. The summed E-state index contributed by atoms with van der Waals surface area (Å²) < 4.78 is 0. The van der Waals surface area contributed by atoms with E-state index in [9.17, 15) is 0 Å². The van der Waals surface area contributed by atoms with Crippen LogP contribution in [0.15, 0.2) is 18.2 Å². The Balaban J connectivity index is 2.51. The molecule has 1 aromatic rings. The van der Waals surface area contributed by atoms with E-state index in [4.69, 9.17) is 5.73 Å². The van der Waals surface area contributed by atoms with Crippen molar-refractivity contribution in [3.8, 4) is 0 Å². The van der Waals surface area contributed by atoms with Gasteiger partial charge in [-0.25, -0.2) is 0 Å². The second-order valence-corrected chi connectivity index (χ2v) is 5.36. The van der Waals surface area contributed by atoms with Gasteiger partial charge in [0, 0.05) is 6.04 Å². The number of hydrogen-bond acceptors (Lipinski definition) is 1. The van der Waals surface area contributed by atoms with Crippen molar-refractivity contribution in [2.24, 2.45) is 11.7 Å². The summed E-state index contributed by atoms with van der Waals surface area (Å²) in [5.41, 5.74) is 10.3. The molecule has 1 aromatic carbocycles. The summed E-state index contributed by atoms with van der Waals surface area (Å²) in [7, 11) is 0. The summed E-state index contributed by atoms with van der Waals surface area (Å²) in [6.07, 6.45) is 3.34. The topological polar surface area (TPSA) is 26.0 Å². The molecule has 0 bridgehead atoms. The van der Waals surface area contributed by atoms with Crippen LogP contribution in [0.25, 0.3) is 0 Å². The molecule has 1 unspecified atom stereocenters. The Kier molecular flexibility index (Phi) is 5.01. The van der Waals surface area contributed by atoms with E-state index < -0.39 is 0 Å². The minimum absolute atomic E-state index is 0.347. The lowest BCUT2D eigenvalue weighted by atomic mass is 9.95. The molecular weight excluding hydrogens is 194 g/mol. The largest absolute Gasteiger partial charge is 0.328 e. The second kappa shape index (κ2) is 6.05. The van der Waals surface area contributed by atoms with Gasteiger partial charge in [0.1, 0.15) is 0 Å². The third-order valence-electron chi connectivity index (χ3n) is 3.06. The number of rotatable bonds is 5. The highest BCUT2D eigenvalue weighted by Crippen LogP contribution is 2.15. The van der Waals surface area contributed by atoms with Crippen LogP contribution in [0.2, 0.25) is 0 Å². The maximum Gasteiger partial charge on any atom is 0.00444 e. The minimum Gasteiger partial charge on any atom is -0.328 e. The fourth-order valence-corrected chi connectivity index (χ4v) is 2.13. The summed E-state index contributed by atoms with van der Waals surface area (Å²) in [6, 6.07) is 7.02. The van der Waals surface area contributed by atoms with Gasteiger partial charge in [-0.1, -0.05) is 37.6 Å². The smallest absolute Gasteiger partial charge is 0.00444 e. The van der Waals surface area contributed by atoms with Crippen LogP contribution in [0, 0.1) is 19.8 Å². The normalized spacial score (nSPS) is 13.1. The number of nitrogens with two attached hydrogens (primary N) is 1. The Morgan fingerprint density at radius 1 is 1.19 bits per heavy atom. The Bertz CT molecular complexity index is 328. The molecule has 90 valence electrons. The van der Waals surface area contributed by atoms with Gasteiger partial charge in [0.25, 0.3) is 0 Å². The molecule has 0 spiro atoms. The van der Waals surface area contributed by atoms with Crippen molar-refractivity contribution >= 4 is 0 Å². The van der Waals surface area contributed by atoms with E-state index in [-0.39, 0.29) is 0 Å². The highest BCUT2D eigenvalue weighted by molar-refractivity contribution is 5.30. The van der Waals surface area contributed by atoms with Crippen LogP contribution in [-0.2, 0) is 6.42 Å². The van der Waals surface area contributed by atoms with Gasteiger partial charge in [0.2, 0.25) is 0 Å². The Hall–Kier alpha value is -0.820. The molecular formula is C15H25N. The van der Waals surface area contributed by atoms with Crippen molar-refractivity contribution in [3.63, 3.8) is 0 Å². The molecule has 0 aliphatic carbocycles. The van der Waals surface area contributed by atoms with Gasteiger partial charge in [0.05, 0.1) is 0 Å². The minimum atomic E-state index is 0.347. The van der Waals surface area contributed by atoms with Crippen LogP contribution >= 0.6 is 0 Å². The van der Waals surface area contributed by atoms with Crippen LogP contribution in [0.3, 0.4) is 0 Å². The maximum atomic E-state index is 6.11. The molecule has 1 nitrogen and oxygen atoms in total. The standard InChI is InChI=1S/C15H25N/c1-11(2)9-15(16)8-7-14-10-12(3)5-6-13(14)4/h5-6,10-11,15H,7-9,16H2,1-4H3. The van der Waals surface area contributed by atoms with E-state index >= 15 is 0 Å². The van der Waals surface area contributed by atoms with Gasteiger partial charge in [-0.2, -0.15) is 0 Å². The van der Waals surface area contributed by atoms with Crippen LogP contribution in [0.5, 0.6) is 0 Å². The zero-order valence-corrected chi connectivity index (χ0v) is 11.1. The van der Waals surface area contributed by atoms with Crippen LogP contribution in [-0.4, -0.2) is 6.04 Å². The molecule has 1 heteroatoms. The average Bonchev–Trinajstić information content (AvgIpc) is 2.18. The fraction of sp³-hybridized carbons (Fsp3) is 0.600. The predicted molar refractivity (Wildman–Crippen MR) is 71.7 cm³/mol. The van der Waals surface area contributed by atoms with E-state index in [1.54, 1.807) is 0 Å². The van der Waals surface area contributed by atoms with Crippen molar-refractivity contribution in [2.75, 3.05) is 0 Å². The zero-order valence-electron chi connectivity index (χ0n) is 11.1. The fourth-order valence-electron chi connectivity index (χ4n) is 2.13. The molecule has 0 saturated carbocycles. The van der Waals surface area contributed by atoms with Crippen molar-refractivity contribution < 1.29 is 0 Å². The molecule has 0 aromatic heterocycles. The Morgan fingerprint density at radius 2 is 1.88 bits per heavy atom. The Labute approximate surface area is 100 Å². The van der Waals surface area contributed by atoms with Crippen molar-refractivity contribution in [2.45, 2.75) is 53.0 Å².